The maximum absolute atomic E-state index is 14.1. The molecule has 3 aliphatic rings. The van der Waals surface area contributed by atoms with Gasteiger partial charge in [0.15, 0.2) is 0 Å². The number of nitrogens with zero attached hydrogens (tertiary/aromatic N) is 1. The van der Waals surface area contributed by atoms with E-state index in [1.807, 2.05) is 30.3 Å². The summed E-state index contributed by atoms with van der Waals surface area (Å²) in [5.41, 5.74) is 1.62. The first-order chi connectivity index (χ1) is 18.4. The number of phenols is 1. The van der Waals surface area contributed by atoms with Crippen molar-refractivity contribution >= 4 is 42.7 Å². The Morgan fingerprint density at radius 2 is 1.72 bits per heavy atom. The molecule has 5 rings (SSSR count). The molecule has 11 heteroatoms. The first-order valence-corrected chi connectivity index (χ1v) is 14.3. The summed E-state index contributed by atoms with van der Waals surface area (Å²) in [5, 5.41) is 57.2. The normalized spacial score (nSPS) is 30.2. The molecule has 39 heavy (non-hydrogen) atoms. The van der Waals surface area contributed by atoms with E-state index < -0.39 is 70.1 Å². The summed E-state index contributed by atoms with van der Waals surface area (Å²) >= 11 is -0.159. The van der Waals surface area contributed by atoms with E-state index in [1.165, 1.54) is 25.1 Å². The third-order valence-corrected chi connectivity index (χ3v) is 10.3. The Bertz CT molecular complexity index is 1450. The topological polar surface area (TPSA) is 182 Å². The number of carbonyl (C=O) groups excluding carboxylic acids is 3. The van der Waals surface area contributed by atoms with Crippen molar-refractivity contribution in [1.29, 1.82) is 0 Å². The van der Waals surface area contributed by atoms with Gasteiger partial charge in [0, 0.05) is 0 Å². The summed E-state index contributed by atoms with van der Waals surface area (Å²) in [6.07, 6.45) is -1.62. The fourth-order valence-electron chi connectivity index (χ4n) is 6.30. The van der Waals surface area contributed by atoms with E-state index >= 15 is 0 Å². The molecule has 1 fully saturated rings. The predicted octanol–water partition coefficient (Wildman–Crippen LogP) is -0.0761. The third-order valence-electron chi connectivity index (χ3n) is 7.97. The summed E-state index contributed by atoms with van der Waals surface area (Å²) in [4.78, 5) is 41.0. The Labute approximate surface area is 230 Å². The summed E-state index contributed by atoms with van der Waals surface area (Å²) in [7, 11) is 2.96. The Hall–Kier alpha value is -3.47. The van der Waals surface area contributed by atoms with Crippen LogP contribution in [-0.4, -0.2) is 94.7 Å². The summed E-state index contributed by atoms with van der Waals surface area (Å²) < 4.78 is 1.05. The number of likely N-dealkylation sites (N-methyl/N-ethyl adjacent to an activating group) is 1. The first kappa shape index (κ1) is 27.1. The average molecular weight is 599 g/mol. The van der Waals surface area contributed by atoms with Crippen LogP contribution in [-0.2, 0) is 14.4 Å². The number of hydrogen-bond acceptors (Lipinski definition) is 9. The minimum absolute atomic E-state index is 0.00477. The zero-order valence-corrected chi connectivity index (χ0v) is 22.8. The van der Waals surface area contributed by atoms with Crippen molar-refractivity contribution in [1.82, 2.24) is 4.90 Å². The molecule has 0 saturated heterocycles. The molecular weight excluding hydrogens is 571 g/mol. The van der Waals surface area contributed by atoms with Gasteiger partial charge in [-0.2, -0.15) is 0 Å². The molecule has 0 unspecified atom stereocenters. The van der Waals surface area contributed by atoms with Crippen molar-refractivity contribution in [3.63, 3.8) is 0 Å². The van der Waals surface area contributed by atoms with E-state index in [1.54, 1.807) is 12.1 Å². The fraction of sp³-hybridized carbons (Fsp3) is 0.321. The molecule has 0 spiro atoms. The van der Waals surface area contributed by atoms with E-state index in [-0.39, 0.29) is 31.8 Å². The van der Waals surface area contributed by atoms with Crippen molar-refractivity contribution in [3.8, 4) is 5.75 Å². The molecule has 1 saturated carbocycles. The number of ketones is 2. The fourth-order valence-corrected chi connectivity index (χ4v) is 8.62. The van der Waals surface area contributed by atoms with Crippen LogP contribution in [0.1, 0.15) is 17.0 Å². The number of nitrogens with two attached hydrogens (primary N) is 1. The van der Waals surface area contributed by atoms with Crippen LogP contribution in [0, 0.1) is 11.8 Å². The number of hydrogen-bond donors (Lipinski definition) is 6. The van der Waals surface area contributed by atoms with Crippen LogP contribution >= 0.6 is 0 Å². The number of rotatable bonds is 5. The van der Waals surface area contributed by atoms with Gasteiger partial charge >= 0.3 is 230 Å². The van der Waals surface area contributed by atoms with E-state index in [4.69, 9.17) is 5.73 Å². The van der Waals surface area contributed by atoms with Crippen molar-refractivity contribution < 1.29 is 39.9 Å². The summed E-state index contributed by atoms with van der Waals surface area (Å²) in [5.74, 6) is -8.88. The van der Waals surface area contributed by atoms with Crippen molar-refractivity contribution in [2.24, 2.45) is 17.6 Å². The second-order valence-corrected chi connectivity index (χ2v) is 12.5. The molecule has 0 aliphatic heterocycles. The molecule has 1 amide bonds. The van der Waals surface area contributed by atoms with Crippen LogP contribution in [0.2, 0.25) is 5.32 Å². The van der Waals surface area contributed by atoms with E-state index in [2.05, 4.69) is 0 Å². The molecule has 2 aromatic carbocycles. The van der Waals surface area contributed by atoms with Crippen LogP contribution in [0.25, 0.3) is 5.76 Å². The number of fused-ring (bicyclic) bond motifs is 3. The third kappa shape index (κ3) is 3.84. The number of aliphatic hydroxyl groups is 4. The van der Waals surface area contributed by atoms with Gasteiger partial charge < -0.3 is 0 Å². The van der Waals surface area contributed by atoms with Gasteiger partial charge in [0.2, 0.25) is 0 Å². The maximum atomic E-state index is 14.1. The summed E-state index contributed by atoms with van der Waals surface area (Å²) in [6, 6.07) is 12.9. The Morgan fingerprint density at radius 1 is 1.05 bits per heavy atom. The van der Waals surface area contributed by atoms with Crippen LogP contribution in [0.5, 0.6) is 5.75 Å². The first-order valence-electron chi connectivity index (χ1n) is 12.3. The monoisotopic (exact) mass is 600 g/mol. The van der Waals surface area contributed by atoms with E-state index in [0.717, 1.165) is 4.46 Å². The van der Waals surface area contributed by atoms with Gasteiger partial charge in [0.1, 0.15) is 0 Å². The Morgan fingerprint density at radius 3 is 2.33 bits per heavy atom. The summed E-state index contributed by atoms with van der Waals surface area (Å²) in [6.45, 7) is 0. The van der Waals surface area contributed by atoms with Gasteiger partial charge in [-0.05, 0) is 0 Å². The number of phenolic OH excluding ortho intramolecular Hbond substituents is 1. The molecule has 3 aliphatic carbocycles. The second kappa shape index (κ2) is 9.62. The van der Waals surface area contributed by atoms with E-state index in [0.29, 0.717) is 10.9 Å². The standard InChI is InChI=1S/C28H28N2O8Se/c1-30(2)21-20-23(33)17-14(11-39-12-7-4-3-5-8-12)13-9-6-10-15(31)16(13)22(32)18(17)25(35)28(20,38)26(36)19(24(21)34)27(29)37/h3-10,14,17,20-21,23,31-33,36,38H,11H2,1-2H3,(H2,29,37)/t14-,17+,20+,21-,23-,28-/m0/s1. The van der Waals surface area contributed by atoms with Crippen molar-refractivity contribution in [2.45, 2.75) is 29.0 Å². The predicted molar refractivity (Wildman–Crippen MR) is 141 cm³/mol. The Kier molecular flexibility index (Phi) is 6.69. The zero-order chi connectivity index (χ0) is 28.4. The van der Waals surface area contributed by atoms with Crippen LogP contribution in [0.4, 0.5) is 0 Å². The number of aromatic hydroxyl groups is 1. The van der Waals surface area contributed by atoms with E-state index in [9.17, 15) is 39.9 Å². The molecule has 10 nitrogen and oxygen atoms in total. The molecule has 7 N–H and O–H groups in total. The molecule has 0 bridgehead atoms. The van der Waals surface area contributed by atoms with Crippen LogP contribution in [0.15, 0.2) is 65.4 Å². The number of primary amides is 1. The number of Topliss-reactive ketones (excluding diaryl/α,β-unsaturated/α-hetero) is 2. The Balaban J connectivity index is 1.75. The molecule has 204 valence electrons. The molecule has 6 atom stereocenters. The van der Waals surface area contributed by atoms with Crippen molar-refractivity contribution in [3.05, 3.63) is 76.6 Å². The SMILES string of the molecule is CN(C)[C@@H]1C(=O)C(C(N)=O)=C(O)[C@@]2(O)C(=O)C3=C(O)c4c(O)cccc4[C@H](C[Se]c4ccccc4)[C@H]3[C@H](O)[C@@H]12. The number of carbonyl (C=O) groups is 3. The van der Waals surface area contributed by atoms with Crippen molar-refractivity contribution in [2.75, 3.05) is 14.1 Å². The number of aliphatic hydroxyl groups excluding tert-OH is 3. The van der Waals surface area contributed by atoms with Gasteiger partial charge in [-0.3, -0.25) is 0 Å². The number of amides is 1. The quantitative estimate of drug-likeness (QED) is 0.202. The van der Waals surface area contributed by atoms with Crippen LogP contribution < -0.4 is 10.2 Å². The second-order valence-electron chi connectivity index (χ2n) is 10.2. The van der Waals surface area contributed by atoms with Gasteiger partial charge in [-0.15, -0.1) is 0 Å². The number of benzene rings is 2. The molecule has 0 aromatic heterocycles. The van der Waals surface area contributed by atoms with Gasteiger partial charge in [0.05, 0.1) is 0 Å². The zero-order valence-electron chi connectivity index (χ0n) is 21.1. The molecular formula is C28H28N2O8Se. The van der Waals surface area contributed by atoms with Crippen LogP contribution in [0.3, 0.4) is 0 Å². The van der Waals surface area contributed by atoms with Gasteiger partial charge in [-0.25, -0.2) is 0 Å². The average Bonchev–Trinajstić information content (AvgIpc) is 2.88. The van der Waals surface area contributed by atoms with Gasteiger partial charge in [0.25, 0.3) is 0 Å². The molecule has 0 heterocycles. The minimum atomic E-state index is -2.93. The molecule has 0 radical (unpaired) electrons. The molecule has 2 aromatic rings. The van der Waals surface area contributed by atoms with Gasteiger partial charge in [-0.1, -0.05) is 0 Å².